The SMILES string of the molecule is CCOC(=O)c1nc(NC2CCS(=O)(=O)CC2)sc1C. The Bertz CT molecular complexity index is 581. The van der Waals surface area contributed by atoms with Gasteiger partial charge in [-0.3, -0.25) is 0 Å². The summed E-state index contributed by atoms with van der Waals surface area (Å²) >= 11 is 1.39. The van der Waals surface area contributed by atoms with Gasteiger partial charge in [0.15, 0.2) is 10.8 Å². The molecule has 1 N–H and O–H groups in total. The molecule has 0 radical (unpaired) electrons. The molecule has 1 aliphatic rings. The Labute approximate surface area is 122 Å². The van der Waals surface area contributed by atoms with Crippen LogP contribution in [0.5, 0.6) is 0 Å². The Kier molecular flexibility index (Phi) is 4.64. The van der Waals surface area contributed by atoms with Crippen molar-refractivity contribution in [3.8, 4) is 0 Å². The molecule has 8 heteroatoms. The van der Waals surface area contributed by atoms with Gasteiger partial charge >= 0.3 is 5.97 Å². The van der Waals surface area contributed by atoms with Gasteiger partial charge in [-0.05, 0) is 26.7 Å². The number of sulfone groups is 1. The molecule has 20 heavy (non-hydrogen) atoms. The first-order chi connectivity index (χ1) is 9.41. The Morgan fingerprint density at radius 3 is 2.70 bits per heavy atom. The highest BCUT2D eigenvalue weighted by Crippen LogP contribution is 2.25. The normalized spacial score (nSPS) is 18.7. The largest absolute Gasteiger partial charge is 0.461 e. The molecular weight excluding hydrogens is 300 g/mol. The van der Waals surface area contributed by atoms with Gasteiger partial charge in [0, 0.05) is 10.9 Å². The quantitative estimate of drug-likeness (QED) is 0.849. The van der Waals surface area contributed by atoms with Crippen LogP contribution >= 0.6 is 11.3 Å². The number of aromatic nitrogens is 1. The van der Waals surface area contributed by atoms with Crippen molar-refractivity contribution < 1.29 is 17.9 Å². The maximum atomic E-state index is 11.7. The third-order valence-corrected chi connectivity index (χ3v) is 5.77. The number of esters is 1. The standard InChI is InChI=1S/C12H18N2O4S2/c1-3-18-11(15)10-8(2)19-12(14-10)13-9-4-6-20(16,17)7-5-9/h9H,3-7H2,1-2H3,(H,13,14). The van der Waals surface area contributed by atoms with E-state index in [0.29, 0.717) is 30.3 Å². The Morgan fingerprint density at radius 1 is 1.45 bits per heavy atom. The van der Waals surface area contributed by atoms with Crippen molar-refractivity contribution >= 4 is 32.3 Å². The molecule has 0 saturated carbocycles. The van der Waals surface area contributed by atoms with Crippen LogP contribution in [0, 0.1) is 6.92 Å². The molecule has 6 nitrogen and oxygen atoms in total. The van der Waals surface area contributed by atoms with Crippen molar-refractivity contribution in [2.45, 2.75) is 32.7 Å². The number of hydrogen-bond acceptors (Lipinski definition) is 7. The van der Waals surface area contributed by atoms with Crippen LogP contribution in [0.3, 0.4) is 0 Å². The van der Waals surface area contributed by atoms with Gasteiger partial charge in [0.05, 0.1) is 18.1 Å². The molecule has 2 heterocycles. The van der Waals surface area contributed by atoms with Gasteiger partial charge < -0.3 is 10.1 Å². The van der Waals surface area contributed by atoms with E-state index in [1.54, 1.807) is 6.92 Å². The van der Waals surface area contributed by atoms with Crippen molar-refractivity contribution in [3.63, 3.8) is 0 Å². The van der Waals surface area contributed by atoms with E-state index >= 15 is 0 Å². The van der Waals surface area contributed by atoms with Gasteiger partial charge in [-0.2, -0.15) is 0 Å². The fourth-order valence-corrected chi connectivity index (χ4v) is 4.43. The van der Waals surface area contributed by atoms with Crippen LogP contribution in [0.1, 0.15) is 35.1 Å². The molecule has 0 aliphatic carbocycles. The lowest BCUT2D eigenvalue weighted by Gasteiger charge is -2.22. The first-order valence-electron chi connectivity index (χ1n) is 6.53. The first-order valence-corrected chi connectivity index (χ1v) is 9.16. The number of thiazole rings is 1. The topological polar surface area (TPSA) is 85.4 Å². The second-order valence-electron chi connectivity index (χ2n) is 4.71. The molecule has 0 amide bonds. The summed E-state index contributed by atoms with van der Waals surface area (Å²) in [6, 6.07) is 0.0964. The number of carbonyl (C=O) groups excluding carboxylic acids is 1. The first kappa shape index (κ1) is 15.2. The summed E-state index contributed by atoms with van der Waals surface area (Å²) < 4.78 is 27.7. The summed E-state index contributed by atoms with van der Waals surface area (Å²) in [6.45, 7) is 3.89. The predicted octanol–water partition coefficient (Wildman–Crippen LogP) is 1.62. The van der Waals surface area contributed by atoms with Gasteiger partial charge in [0.2, 0.25) is 0 Å². The van der Waals surface area contributed by atoms with Gasteiger partial charge in [-0.15, -0.1) is 11.3 Å². The molecular formula is C12H18N2O4S2. The third-order valence-electron chi connectivity index (χ3n) is 3.15. The van der Waals surface area contributed by atoms with Crippen LogP contribution in [0.15, 0.2) is 0 Å². The molecule has 1 aromatic rings. The summed E-state index contributed by atoms with van der Waals surface area (Å²) in [5.41, 5.74) is 0.336. The molecule has 2 rings (SSSR count). The van der Waals surface area contributed by atoms with E-state index in [-0.39, 0.29) is 17.5 Å². The van der Waals surface area contributed by atoms with Crippen molar-refractivity contribution in [1.82, 2.24) is 4.98 Å². The van der Waals surface area contributed by atoms with Crippen molar-refractivity contribution in [2.24, 2.45) is 0 Å². The molecule has 112 valence electrons. The van der Waals surface area contributed by atoms with E-state index in [9.17, 15) is 13.2 Å². The molecule has 0 bridgehead atoms. The smallest absolute Gasteiger partial charge is 0.358 e. The molecule has 0 aromatic carbocycles. The average Bonchev–Trinajstić information content (AvgIpc) is 2.73. The van der Waals surface area contributed by atoms with Crippen LogP contribution in [-0.4, -0.2) is 43.5 Å². The van der Waals surface area contributed by atoms with Gasteiger partial charge in [0.1, 0.15) is 9.84 Å². The number of rotatable bonds is 4. The molecule has 0 unspecified atom stereocenters. The summed E-state index contributed by atoms with van der Waals surface area (Å²) in [6.07, 6.45) is 1.16. The maximum Gasteiger partial charge on any atom is 0.358 e. The van der Waals surface area contributed by atoms with E-state index < -0.39 is 15.8 Å². The summed E-state index contributed by atoms with van der Waals surface area (Å²) in [5.74, 6) is 0.00000226. The zero-order valence-electron chi connectivity index (χ0n) is 11.5. The van der Waals surface area contributed by atoms with Gasteiger partial charge in [-0.1, -0.05) is 0 Å². The fraction of sp³-hybridized carbons (Fsp3) is 0.667. The lowest BCUT2D eigenvalue weighted by atomic mass is 10.2. The number of hydrogen-bond donors (Lipinski definition) is 1. The van der Waals surface area contributed by atoms with E-state index in [0.717, 1.165) is 4.88 Å². The number of nitrogens with zero attached hydrogens (tertiary/aromatic N) is 1. The molecule has 1 aliphatic heterocycles. The van der Waals surface area contributed by atoms with Crippen LogP contribution in [0.2, 0.25) is 0 Å². The van der Waals surface area contributed by atoms with Crippen molar-refractivity contribution in [1.29, 1.82) is 0 Å². The van der Waals surface area contributed by atoms with E-state index in [1.165, 1.54) is 11.3 Å². The van der Waals surface area contributed by atoms with Gasteiger partial charge in [-0.25, -0.2) is 18.2 Å². The number of ether oxygens (including phenoxy) is 1. The molecule has 0 atom stereocenters. The fourth-order valence-electron chi connectivity index (χ4n) is 2.06. The van der Waals surface area contributed by atoms with Crippen molar-refractivity contribution in [2.75, 3.05) is 23.4 Å². The Morgan fingerprint density at radius 2 is 2.10 bits per heavy atom. The average molecular weight is 318 g/mol. The Balaban J connectivity index is 2.01. The number of anilines is 1. The highest BCUT2D eigenvalue weighted by atomic mass is 32.2. The number of aryl methyl sites for hydroxylation is 1. The van der Waals surface area contributed by atoms with E-state index in [1.807, 2.05) is 6.92 Å². The predicted molar refractivity (Wildman–Crippen MR) is 78.1 cm³/mol. The Hall–Kier alpha value is -1.15. The number of carbonyl (C=O) groups is 1. The van der Waals surface area contributed by atoms with Crippen molar-refractivity contribution in [3.05, 3.63) is 10.6 Å². The second-order valence-corrected chi connectivity index (χ2v) is 8.22. The molecule has 0 spiro atoms. The second kappa shape index (κ2) is 6.09. The lowest BCUT2D eigenvalue weighted by molar-refractivity contribution is 0.0519. The van der Waals surface area contributed by atoms with E-state index in [4.69, 9.17) is 4.74 Å². The van der Waals surface area contributed by atoms with Gasteiger partial charge in [0.25, 0.3) is 0 Å². The van der Waals surface area contributed by atoms with Crippen LogP contribution < -0.4 is 5.32 Å². The van der Waals surface area contributed by atoms with Crippen LogP contribution in [-0.2, 0) is 14.6 Å². The molecule has 1 saturated heterocycles. The highest BCUT2D eigenvalue weighted by molar-refractivity contribution is 7.91. The van der Waals surface area contributed by atoms with E-state index in [2.05, 4.69) is 10.3 Å². The van der Waals surface area contributed by atoms with Crippen LogP contribution in [0.4, 0.5) is 5.13 Å². The maximum absolute atomic E-state index is 11.7. The minimum atomic E-state index is -2.86. The summed E-state index contributed by atoms with van der Waals surface area (Å²) in [5, 5.41) is 3.86. The highest BCUT2D eigenvalue weighted by Gasteiger charge is 2.25. The summed E-state index contributed by atoms with van der Waals surface area (Å²) in [4.78, 5) is 16.7. The monoisotopic (exact) mass is 318 g/mol. The zero-order chi connectivity index (χ0) is 14.8. The number of nitrogens with one attached hydrogen (secondary N) is 1. The van der Waals surface area contributed by atoms with Crippen LogP contribution in [0.25, 0.3) is 0 Å². The minimum absolute atomic E-state index is 0.0964. The summed E-state index contributed by atoms with van der Waals surface area (Å²) in [7, 11) is -2.86. The zero-order valence-corrected chi connectivity index (χ0v) is 13.1. The minimum Gasteiger partial charge on any atom is -0.461 e. The molecule has 1 aromatic heterocycles. The molecule has 1 fully saturated rings. The third kappa shape index (κ3) is 3.69. The lowest BCUT2D eigenvalue weighted by Crippen LogP contribution is -2.32.